The summed E-state index contributed by atoms with van der Waals surface area (Å²) in [5.41, 5.74) is 1.32. The van der Waals surface area contributed by atoms with E-state index in [-0.39, 0.29) is 18.0 Å². The number of benzene rings is 3. The molecule has 0 saturated heterocycles. The molecule has 1 atom stereocenters. The Balaban J connectivity index is 1.68. The maximum atomic E-state index is 13.8. The lowest BCUT2D eigenvalue weighted by Crippen LogP contribution is -2.44. The molecule has 152 valence electrons. The second kappa shape index (κ2) is 7.39. The summed E-state index contributed by atoms with van der Waals surface area (Å²) in [6.07, 6.45) is 0. The molecule has 1 aliphatic rings. The number of para-hydroxylation sites is 2. The molecule has 3 aromatic rings. The van der Waals surface area contributed by atoms with Crippen molar-refractivity contribution >= 4 is 23.2 Å². The maximum Gasteiger partial charge on any atom is 0.268 e. The fraction of sp³-hybridized carbons (Fsp3) is 0.167. The van der Waals surface area contributed by atoms with E-state index in [0.717, 1.165) is 17.2 Å². The Morgan fingerprint density at radius 1 is 1.03 bits per heavy atom. The first-order valence-electron chi connectivity index (χ1n) is 9.58. The zero-order valence-electron chi connectivity index (χ0n) is 16.6. The van der Waals surface area contributed by atoms with Crippen LogP contribution in [-0.4, -0.2) is 23.5 Å². The first kappa shape index (κ1) is 19.8. The highest BCUT2D eigenvalue weighted by Gasteiger charge is 2.51. The van der Waals surface area contributed by atoms with Gasteiger partial charge >= 0.3 is 0 Å². The second-order valence-corrected chi connectivity index (χ2v) is 7.44. The van der Waals surface area contributed by atoms with Crippen molar-refractivity contribution in [2.24, 2.45) is 0 Å². The molecule has 0 radical (unpaired) electrons. The molecule has 6 heteroatoms. The van der Waals surface area contributed by atoms with Crippen molar-refractivity contribution in [1.82, 2.24) is 0 Å². The fourth-order valence-corrected chi connectivity index (χ4v) is 3.92. The molecule has 0 bridgehead atoms. The molecule has 0 saturated carbocycles. The Hall–Kier alpha value is -3.51. The van der Waals surface area contributed by atoms with Crippen molar-refractivity contribution in [3.8, 4) is 0 Å². The number of hydrogen-bond acceptors (Lipinski definition) is 3. The topological polar surface area (TPSA) is 69.6 Å². The van der Waals surface area contributed by atoms with Gasteiger partial charge in [-0.3, -0.25) is 14.5 Å². The number of nitrogens with zero attached hydrogens (tertiary/aromatic N) is 1. The van der Waals surface area contributed by atoms with Crippen molar-refractivity contribution in [3.63, 3.8) is 0 Å². The molecule has 0 spiro atoms. The van der Waals surface area contributed by atoms with Crippen LogP contribution in [0.15, 0.2) is 66.7 Å². The minimum Gasteiger partial charge on any atom is -0.372 e. The summed E-state index contributed by atoms with van der Waals surface area (Å²) < 4.78 is 13.8. The van der Waals surface area contributed by atoms with Crippen LogP contribution in [0.25, 0.3) is 0 Å². The molecular formula is C24H21FN2O3. The van der Waals surface area contributed by atoms with E-state index < -0.39 is 17.3 Å². The zero-order valence-corrected chi connectivity index (χ0v) is 16.6. The lowest BCUT2D eigenvalue weighted by Gasteiger charge is -2.23. The van der Waals surface area contributed by atoms with Gasteiger partial charge in [-0.2, -0.15) is 0 Å². The Morgan fingerprint density at radius 2 is 1.70 bits per heavy atom. The van der Waals surface area contributed by atoms with Gasteiger partial charge in [0.15, 0.2) is 5.60 Å². The highest BCUT2D eigenvalue weighted by atomic mass is 19.1. The van der Waals surface area contributed by atoms with Crippen LogP contribution in [0.5, 0.6) is 0 Å². The first-order chi connectivity index (χ1) is 14.3. The number of rotatable bonds is 4. The third kappa shape index (κ3) is 3.15. The van der Waals surface area contributed by atoms with Gasteiger partial charge in [-0.05, 0) is 43.2 Å². The molecule has 1 unspecified atom stereocenters. The van der Waals surface area contributed by atoms with E-state index in [4.69, 9.17) is 0 Å². The highest BCUT2D eigenvalue weighted by molar-refractivity contribution is 6.12. The van der Waals surface area contributed by atoms with Gasteiger partial charge < -0.3 is 10.4 Å². The Morgan fingerprint density at radius 3 is 2.40 bits per heavy atom. The number of hydrogen-bond donors (Lipinski definition) is 2. The summed E-state index contributed by atoms with van der Waals surface area (Å²) in [5, 5.41) is 14.2. The van der Waals surface area contributed by atoms with Crippen LogP contribution in [0.2, 0.25) is 0 Å². The molecule has 0 aromatic heterocycles. The first-order valence-corrected chi connectivity index (χ1v) is 9.58. The standard InChI is InChI=1S/C24H21FN2O3/c1-15-7-5-8-16(2)22(15)26-21(28)14-27-20-12-4-3-11-19(20)24(30,23(27)29)17-9-6-10-18(25)13-17/h3-13,30H,14H2,1-2H3,(H,26,28). The van der Waals surface area contributed by atoms with Gasteiger partial charge in [0.2, 0.25) is 5.91 Å². The molecule has 1 aliphatic heterocycles. The number of halogens is 1. The molecule has 0 fully saturated rings. The van der Waals surface area contributed by atoms with E-state index in [1.165, 1.54) is 23.1 Å². The lowest BCUT2D eigenvalue weighted by molar-refractivity contribution is -0.133. The Labute approximate surface area is 173 Å². The van der Waals surface area contributed by atoms with Crippen molar-refractivity contribution in [2.75, 3.05) is 16.8 Å². The highest BCUT2D eigenvalue weighted by Crippen LogP contribution is 2.44. The van der Waals surface area contributed by atoms with Crippen LogP contribution in [0.1, 0.15) is 22.3 Å². The van der Waals surface area contributed by atoms with Crippen molar-refractivity contribution < 1.29 is 19.1 Å². The molecule has 2 amide bonds. The predicted molar refractivity (Wildman–Crippen MR) is 113 cm³/mol. The zero-order chi connectivity index (χ0) is 21.5. The molecule has 30 heavy (non-hydrogen) atoms. The molecule has 1 heterocycles. The number of anilines is 2. The number of fused-ring (bicyclic) bond motifs is 1. The largest absolute Gasteiger partial charge is 0.372 e. The van der Waals surface area contributed by atoms with E-state index in [9.17, 15) is 19.1 Å². The van der Waals surface area contributed by atoms with E-state index >= 15 is 0 Å². The normalized spacial score (nSPS) is 17.7. The third-order valence-corrected chi connectivity index (χ3v) is 5.43. The quantitative estimate of drug-likeness (QED) is 0.697. The summed E-state index contributed by atoms with van der Waals surface area (Å²) in [4.78, 5) is 27.3. The molecule has 3 aromatic carbocycles. The number of carbonyl (C=O) groups excluding carboxylic acids is 2. The van der Waals surface area contributed by atoms with E-state index in [1.807, 2.05) is 32.0 Å². The van der Waals surface area contributed by atoms with Gasteiger partial charge in [0.1, 0.15) is 12.4 Å². The lowest BCUT2D eigenvalue weighted by atomic mass is 9.87. The summed E-state index contributed by atoms with van der Waals surface area (Å²) in [6, 6.07) is 17.7. The van der Waals surface area contributed by atoms with Crippen LogP contribution in [0.3, 0.4) is 0 Å². The minimum atomic E-state index is -2.06. The average molecular weight is 404 g/mol. The summed E-state index contributed by atoms with van der Waals surface area (Å²) >= 11 is 0. The average Bonchev–Trinajstić information content (AvgIpc) is 2.94. The molecule has 4 rings (SSSR count). The SMILES string of the molecule is Cc1cccc(C)c1NC(=O)CN1C(=O)C(O)(c2cccc(F)c2)c2ccccc21. The minimum absolute atomic E-state index is 0.123. The maximum absolute atomic E-state index is 13.8. The van der Waals surface area contributed by atoms with Gasteiger partial charge in [-0.15, -0.1) is 0 Å². The number of nitrogens with one attached hydrogen (secondary N) is 1. The van der Waals surface area contributed by atoms with Gasteiger partial charge in [0.25, 0.3) is 5.91 Å². The summed E-state index contributed by atoms with van der Waals surface area (Å²) in [6.45, 7) is 3.50. The van der Waals surface area contributed by atoms with Crippen molar-refractivity contribution in [2.45, 2.75) is 19.4 Å². The van der Waals surface area contributed by atoms with Crippen LogP contribution in [0, 0.1) is 19.7 Å². The third-order valence-electron chi connectivity index (χ3n) is 5.43. The van der Waals surface area contributed by atoms with Crippen LogP contribution >= 0.6 is 0 Å². The van der Waals surface area contributed by atoms with Crippen molar-refractivity contribution in [3.05, 3.63) is 94.8 Å². The van der Waals surface area contributed by atoms with Crippen LogP contribution in [-0.2, 0) is 15.2 Å². The fourth-order valence-electron chi connectivity index (χ4n) is 3.92. The Bertz CT molecular complexity index is 1140. The van der Waals surface area contributed by atoms with Crippen LogP contribution in [0.4, 0.5) is 15.8 Å². The van der Waals surface area contributed by atoms with E-state index in [1.54, 1.807) is 24.3 Å². The van der Waals surface area contributed by atoms with Crippen LogP contribution < -0.4 is 10.2 Å². The monoisotopic (exact) mass is 404 g/mol. The smallest absolute Gasteiger partial charge is 0.268 e. The second-order valence-electron chi connectivity index (χ2n) is 7.44. The van der Waals surface area contributed by atoms with E-state index in [0.29, 0.717) is 16.9 Å². The van der Waals surface area contributed by atoms with E-state index in [2.05, 4.69) is 5.32 Å². The molecule has 0 aliphatic carbocycles. The molecular weight excluding hydrogens is 383 g/mol. The number of aryl methyl sites for hydroxylation is 2. The van der Waals surface area contributed by atoms with Gasteiger partial charge in [0.05, 0.1) is 5.69 Å². The van der Waals surface area contributed by atoms with Gasteiger partial charge in [-0.1, -0.05) is 48.5 Å². The summed E-state index contributed by atoms with van der Waals surface area (Å²) in [5.74, 6) is -1.64. The molecule has 2 N–H and O–H groups in total. The number of carbonyl (C=O) groups is 2. The number of amides is 2. The Kier molecular flexibility index (Phi) is 4.87. The van der Waals surface area contributed by atoms with Gasteiger partial charge in [0, 0.05) is 16.8 Å². The predicted octanol–water partition coefficient (Wildman–Crippen LogP) is 3.66. The van der Waals surface area contributed by atoms with Gasteiger partial charge in [-0.25, -0.2) is 4.39 Å². The molecule has 5 nitrogen and oxygen atoms in total. The summed E-state index contributed by atoms with van der Waals surface area (Å²) in [7, 11) is 0. The number of aliphatic hydroxyl groups is 1. The van der Waals surface area contributed by atoms with Crippen molar-refractivity contribution in [1.29, 1.82) is 0 Å².